The van der Waals surface area contributed by atoms with Crippen LogP contribution in [-0.4, -0.2) is 31.5 Å². The SMILES string of the molecule is O=P(O)(O)CCC(NBr)P(=O)(O)O. The van der Waals surface area contributed by atoms with Gasteiger partial charge < -0.3 is 19.6 Å². The third-order valence-corrected chi connectivity index (χ3v) is 4.17. The van der Waals surface area contributed by atoms with Gasteiger partial charge in [-0.2, -0.15) is 0 Å². The van der Waals surface area contributed by atoms with Gasteiger partial charge in [0.1, 0.15) is 5.78 Å². The fourth-order valence-corrected chi connectivity index (χ4v) is 3.00. The van der Waals surface area contributed by atoms with E-state index in [-0.39, 0.29) is 6.42 Å². The summed E-state index contributed by atoms with van der Waals surface area (Å²) in [5.74, 6) is -1.28. The predicted molar refractivity (Wildman–Crippen MR) is 49.4 cm³/mol. The lowest BCUT2D eigenvalue weighted by atomic mass is 10.5. The first-order chi connectivity index (χ1) is 5.67. The molecule has 7 nitrogen and oxygen atoms in total. The first kappa shape index (κ1) is 13.7. The van der Waals surface area contributed by atoms with E-state index in [0.29, 0.717) is 0 Å². The summed E-state index contributed by atoms with van der Waals surface area (Å²) in [6.07, 6.45) is -0.874. The molecule has 0 aliphatic heterocycles. The van der Waals surface area contributed by atoms with Crippen LogP contribution in [0, 0.1) is 0 Å². The lowest BCUT2D eigenvalue weighted by Crippen LogP contribution is -2.21. The van der Waals surface area contributed by atoms with Gasteiger partial charge >= 0.3 is 15.2 Å². The molecule has 0 radical (unpaired) electrons. The minimum absolute atomic E-state index is 0.306. The van der Waals surface area contributed by atoms with Gasteiger partial charge in [0.2, 0.25) is 0 Å². The Kier molecular flexibility index (Phi) is 5.28. The third kappa shape index (κ3) is 6.76. The topological polar surface area (TPSA) is 127 Å². The normalized spacial score (nSPS) is 15.8. The molecule has 0 rings (SSSR count). The zero-order valence-electron chi connectivity index (χ0n) is 6.37. The van der Waals surface area contributed by atoms with Gasteiger partial charge in [0, 0.05) is 16.1 Å². The highest BCUT2D eigenvalue weighted by Crippen LogP contribution is 2.45. The van der Waals surface area contributed by atoms with Gasteiger partial charge in [-0.15, -0.1) is 0 Å². The minimum atomic E-state index is -4.36. The molecule has 0 saturated carbocycles. The Balaban J connectivity index is 4.18. The first-order valence-electron chi connectivity index (χ1n) is 3.13. The molecule has 0 aromatic carbocycles. The molecule has 0 bridgehead atoms. The van der Waals surface area contributed by atoms with E-state index in [2.05, 4.69) is 20.5 Å². The highest BCUT2D eigenvalue weighted by atomic mass is 79.9. The van der Waals surface area contributed by atoms with Crippen molar-refractivity contribution in [3.63, 3.8) is 0 Å². The summed E-state index contributed by atoms with van der Waals surface area (Å²) in [5, 5.41) is 0. The van der Waals surface area contributed by atoms with E-state index in [1.807, 2.05) is 0 Å². The van der Waals surface area contributed by atoms with Crippen LogP contribution in [0.15, 0.2) is 0 Å². The van der Waals surface area contributed by atoms with Gasteiger partial charge in [-0.1, -0.05) is 0 Å². The van der Waals surface area contributed by atoms with Gasteiger partial charge in [0.05, 0.1) is 6.16 Å². The minimum Gasteiger partial charge on any atom is -0.324 e. The number of nitrogens with one attached hydrogen (secondary N) is 1. The third-order valence-electron chi connectivity index (χ3n) is 1.23. The van der Waals surface area contributed by atoms with Crippen molar-refractivity contribution < 1.29 is 28.7 Å². The van der Waals surface area contributed by atoms with Crippen LogP contribution in [0.3, 0.4) is 0 Å². The molecule has 10 heteroatoms. The fraction of sp³-hybridized carbons (Fsp3) is 1.00. The molecule has 1 unspecified atom stereocenters. The van der Waals surface area contributed by atoms with Gasteiger partial charge in [-0.25, -0.2) is 4.34 Å². The number of hydrogen-bond acceptors (Lipinski definition) is 3. The Hall–Kier alpha value is 0.740. The van der Waals surface area contributed by atoms with Crippen LogP contribution in [0.2, 0.25) is 0 Å². The Morgan fingerprint density at radius 3 is 1.92 bits per heavy atom. The maximum absolute atomic E-state index is 10.6. The summed E-state index contributed by atoms with van der Waals surface area (Å²) in [5.41, 5.74) is 0. The van der Waals surface area contributed by atoms with Crippen molar-refractivity contribution in [2.45, 2.75) is 12.2 Å². The molecule has 0 aliphatic carbocycles. The molecule has 13 heavy (non-hydrogen) atoms. The Labute approximate surface area is 83.2 Å². The van der Waals surface area contributed by atoms with Gasteiger partial charge in [-0.3, -0.25) is 9.13 Å². The van der Waals surface area contributed by atoms with Crippen LogP contribution in [0.4, 0.5) is 0 Å². The summed E-state index contributed by atoms with van der Waals surface area (Å²) < 4.78 is 23.1. The molecular weight excluding hydrogens is 288 g/mol. The van der Waals surface area contributed by atoms with Crippen molar-refractivity contribution in [3.8, 4) is 0 Å². The van der Waals surface area contributed by atoms with Crippen LogP contribution in [0.25, 0.3) is 0 Å². The molecule has 0 aromatic rings. The quantitative estimate of drug-likeness (QED) is 0.356. The largest absolute Gasteiger partial charge is 0.343 e. The Bertz CT molecular complexity index is 246. The number of hydrogen-bond donors (Lipinski definition) is 5. The van der Waals surface area contributed by atoms with E-state index in [1.165, 1.54) is 0 Å². The van der Waals surface area contributed by atoms with Crippen LogP contribution in [0.1, 0.15) is 6.42 Å². The van der Waals surface area contributed by atoms with Crippen molar-refractivity contribution in [1.29, 1.82) is 0 Å². The Morgan fingerprint density at radius 1 is 1.23 bits per heavy atom. The highest BCUT2D eigenvalue weighted by Gasteiger charge is 2.29. The second-order valence-electron chi connectivity index (χ2n) is 2.39. The zero-order chi connectivity index (χ0) is 10.7. The van der Waals surface area contributed by atoms with Crippen molar-refractivity contribution in [2.75, 3.05) is 6.16 Å². The molecular formula is C3H10BrNO6P2. The summed E-state index contributed by atoms with van der Waals surface area (Å²) >= 11 is 2.62. The highest BCUT2D eigenvalue weighted by molar-refractivity contribution is 9.08. The van der Waals surface area contributed by atoms with Gasteiger partial charge in [-0.05, 0) is 6.42 Å². The van der Waals surface area contributed by atoms with Crippen LogP contribution in [-0.2, 0) is 9.13 Å². The number of rotatable bonds is 5. The van der Waals surface area contributed by atoms with Gasteiger partial charge in [0.25, 0.3) is 0 Å². The summed E-state index contributed by atoms with van der Waals surface area (Å²) in [7, 11) is -8.57. The summed E-state index contributed by atoms with van der Waals surface area (Å²) in [4.78, 5) is 34.2. The number of halogens is 1. The van der Waals surface area contributed by atoms with E-state index >= 15 is 0 Å². The Morgan fingerprint density at radius 2 is 1.69 bits per heavy atom. The summed E-state index contributed by atoms with van der Waals surface area (Å²) in [6, 6.07) is 0. The molecule has 0 fully saturated rings. The van der Waals surface area contributed by atoms with E-state index in [9.17, 15) is 9.13 Å². The van der Waals surface area contributed by atoms with E-state index in [1.54, 1.807) is 0 Å². The average molecular weight is 298 g/mol. The molecule has 0 aliphatic rings. The monoisotopic (exact) mass is 297 g/mol. The van der Waals surface area contributed by atoms with E-state index < -0.39 is 27.1 Å². The smallest absolute Gasteiger partial charge is 0.324 e. The lowest BCUT2D eigenvalue weighted by Gasteiger charge is -2.16. The van der Waals surface area contributed by atoms with Gasteiger partial charge in [0.15, 0.2) is 0 Å². The molecule has 1 atom stereocenters. The fourth-order valence-electron chi connectivity index (χ4n) is 0.577. The summed E-state index contributed by atoms with van der Waals surface area (Å²) in [6.45, 7) is 0. The molecule has 5 N–H and O–H groups in total. The maximum Gasteiger partial charge on any atom is 0.343 e. The first-order valence-corrected chi connectivity index (χ1v) is 7.40. The zero-order valence-corrected chi connectivity index (χ0v) is 9.74. The van der Waals surface area contributed by atoms with E-state index in [0.717, 1.165) is 0 Å². The second-order valence-corrected chi connectivity index (χ2v) is 6.43. The molecule has 0 amide bonds. The van der Waals surface area contributed by atoms with Crippen molar-refractivity contribution in [1.82, 2.24) is 4.34 Å². The van der Waals surface area contributed by atoms with Crippen molar-refractivity contribution in [2.24, 2.45) is 0 Å². The van der Waals surface area contributed by atoms with E-state index in [4.69, 9.17) is 19.6 Å². The second kappa shape index (κ2) is 5.00. The molecule has 0 spiro atoms. The standard InChI is InChI=1S/C3H10BrNO6P2/c4-5-3(13(9,10)11)1-2-12(6,7)8/h3,5H,1-2H2,(H2,6,7,8)(H2,9,10,11). The predicted octanol–water partition coefficient (Wildman–Crippen LogP) is -0.0425. The molecule has 80 valence electrons. The van der Waals surface area contributed by atoms with Crippen LogP contribution >= 0.6 is 31.3 Å². The van der Waals surface area contributed by atoms with Crippen LogP contribution < -0.4 is 4.34 Å². The average Bonchev–Trinajstić information content (AvgIpc) is 1.82. The van der Waals surface area contributed by atoms with Crippen LogP contribution in [0.5, 0.6) is 0 Å². The molecule has 0 aromatic heterocycles. The molecule has 0 saturated heterocycles. The van der Waals surface area contributed by atoms with Crippen molar-refractivity contribution >= 4 is 31.3 Å². The maximum atomic E-state index is 10.6. The van der Waals surface area contributed by atoms with Crippen molar-refractivity contribution in [3.05, 3.63) is 0 Å². The lowest BCUT2D eigenvalue weighted by molar-refractivity contribution is 0.349. The molecule has 0 heterocycles.